The fourth-order valence-electron chi connectivity index (χ4n) is 1.69. The molecule has 0 atom stereocenters. The zero-order valence-corrected chi connectivity index (χ0v) is 12.0. The van der Waals surface area contributed by atoms with Crippen LogP contribution in [0.5, 0.6) is 5.75 Å². The molecule has 1 aromatic carbocycles. The third kappa shape index (κ3) is 3.01. The Labute approximate surface area is 115 Å². The molecule has 0 saturated carbocycles. The van der Waals surface area contributed by atoms with Gasteiger partial charge in [-0.2, -0.15) is 0 Å². The molecule has 0 saturated heterocycles. The van der Waals surface area contributed by atoms with Gasteiger partial charge in [0.15, 0.2) is 0 Å². The predicted octanol–water partition coefficient (Wildman–Crippen LogP) is 3.77. The van der Waals surface area contributed by atoms with Crippen molar-refractivity contribution in [1.29, 1.82) is 0 Å². The SMILES string of the molecule is COc1ccc(CNc2cccnc2C)cc1Br. The fourth-order valence-corrected chi connectivity index (χ4v) is 2.28. The Kier molecular flexibility index (Phi) is 4.20. The van der Waals surface area contributed by atoms with E-state index < -0.39 is 0 Å². The monoisotopic (exact) mass is 306 g/mol. The van der Waals surface area contributed by atoms with Crippen LogP contribution in [0.1, 0.15) is 11.3 Å². The van der Waals surface area contributed by atoms with E-state index in [-0.39, 0.29) is 0 Å². The minimum atomic E-state index is 0.759. The molecule has 0 aliphatic carbocycles. The molecule has 18 heavy (non-hydrogen) atoms. The van der Waals surface area contributed by atoms with Crippen molar-refractivity contribution >= 4 is 21.6 Å². The molecule has 0 spiro atoms. The Morgan fingerprint density at radius 3 is 2.83 bits per heavy atom. The van der Waals surface area contributed by atoms with Gasteiger partial charge in [-0.3, -0.25) is 4.98 Å². The second kappa shape index (κ2) is 5.87. The number of hydrogen-bond donors (Lipinski definition) is 1. The summed E-state index contributed by atoms with van der Waals surface area (Å²) in [5.74, 6) is 0.844. The first-order valence-electron chi connectivity index (χ1n) is 5.68. The maximum Gasteiger partial charge on any atom is 0.133 e. The normalized spacial score (nSPS) is 10.2. The number of anilines is 1. The Hall–Kier alpha value is -1.55. The Bertz CT molecular complexity index is 543. The highest BCUT2D eigenvalue weighted by Crippen LogP contribution is 2.25. The summed E-state index contributed by atoms with van der Waals surface area (Å²) in [6.07, 6.45) is 1.80. The van der Waals surface area contributed by atoms with Crippen LogP contribution in [0.3, 0.4) is 0 Å². The lowest BCUT2D eigenvalue weighted by molar-refractivity contribution is 0.412. The number of hydrogen-bond acceptors (Lipinski definition) is 3. The first-order chi connectivity index (χ1) is 8.70. The Morgan fingerprint density at radius 1 is 1.33 bits per heavy atom. The van der Waals surface area contributed by atoms with Crippen LogP contribution in [0.4, 0.5) is 5.69 Å². The topological polar surface area (TPSA) is 34.1 Å². The van der Waals surface area contributed by atoms with Gasteiger partial charge >= 0.3 is 0 Å². The lowest BCUT2D eigenvalue weighted by atomic mass is 10.2. The van der Waals surface area contributed by atoms with Crippen molar-refractivity contribution in [3.63, 3.8) is 0 Å². The molecule has 3 nitrogen and oxygen atoms in total. The molecule has 0 aliphatic heterocycles. The van der Waals surface area contributed by atoms with Crippen molar-refractivity contribution in [2.45, 2.75) is 13.5 Å². The second-order valence-electron chi connectivity index (χ2n) is 3.96. The number of nitrogens with zero attached hydrogens (tertiary/aromatic N) is 1. The van der Waals surface area contributed by atoms with Gasteiger partial charge in [0.2, 0.25) is 0 Å². The first-order valence-corrected chi connectivity index (χ1v) is 6.48. The molecule has 94 valence electrons. The van der Waals surface area contributed by atoms with Gasteiger partial charge in [0.05, 0.1) is 23.0 Å². The van der Waals surface area contributed by atoms with Gasteiger partial charge in [-0.05, 0) is 52.7 Å². The third-order valence-electron chi connectivity index (χ3n) is 2.71. The second-order valence-corrected chi connectivity index (χ2v) is 4.81. The summed E-state index contributed by atoms with van der Waals surface area (Å²) in [7, 11) is 1.66. The maximum atomic E-state index is 5.20. The lowest BCUT2D eigenvalue weighted by Gasteiger charge is -2.10. The number of benzene rings is 1. The zero-order chi connectivity index (χ0) is 13.0. The quantitative estimate of drug-likeness (QED) is 0.933. The molecule has 1 aromatic heterocycles. The molecule has 4 heteroatoms. The van der Waals surface area contributed by atoms with Crippen molar-refractivity contribution in [2.24, 2.45) is 0 Å². The van der Waals surface area contributed by atoms with Crippen molar-refractivity contribution in [2.75, 3.05) is 12.4 Å². The summed E-state index contributed by atoms with van der Waals surface area (Å²) in [5, 5.41) is 3.37. The van der Waals surface area contributed by atoms with Gasteiger partial charge < -0.3 is 10.1 Å². The molecule has 0 amide bonds. The van der Waals surface area contributed by atoms with E-state index in [0.29, 0.717) is 0 Å². The van der Waals surface area contributed by atoms with Crippen LogP contribution in [-0.2, 0) is 6.54 Å². The predicted molar refractivity (Wildman–Crippen MR) is 77.0 cm³/mol. The number of rotatable bonds is 4. The van der Waals surface area contributed by atoms with Gasteiger partial charge in [-0.1, -0.05) is 6.07 Å². The summed E-state index contributed by atoms with van der Waals surface area (Å²) < 4.78 is 6.17. The molecule has 0 fully saturated rings. The van der Waals surface area contributed by atoms with E-state index in [1.165, 1.54) is 5.56 Å². The molecule has 0 radical (unpaired) electrons. The molecule has 2 rings (SSSR count). The number of aryl methyl sites for hydroxylation is 1. The molecule has 0 bridgehead atoms. The van der Waals surface area contributed by atoms with Crippen molar-refractivity contribution in [3.8, 4) is 5.75 Å². The third-order valence-corrected chi connectivity index (χ3v) is 3.33. The van der Waals surface area contributed by atoms with E-state index in [4.69, 9.17) is 4.74 Å². The Morgan fingerprint density at radius 2 is 2.17 bits per heavy atom. The van der Waals surface area contributed by atoms with E-state index >= 15 is 0 Å². The fraction of sp³-hybridized carbons (Fsp3) is 0.214. The maximum absolute atomic E-state index is 5.20. The number of pyridine rings is 1. The average molecular weight is 307 g/mol. The largest absolute Gasteiger partial charge is 0.496 e. The summed E-state index contributed by atoms with van der Waals surface area (Å²) in [6, 6.07) is 10.0. The van der Waals surface area contributed by atoms with Crippen LogP contribution >= 0.6 is 15.9 Å². The zero-order valence-electron chi connectivity index (χ0n) is 10.4. The lowest BCUT2D eigenvalue weighted by Crippen LogP contribution is -2.02. The highest BCUT2D eigenvalue weighted by molar-refractivity contribution is 9.10. The first kappa shape index (κ1) is 12.9. The highest BCUT2D eigenvalue weighted by Gasteiger charge is 2.02. The molecule has 1 heterocycles. The van der Waals surface area contributed by atoms with Crippen LogP contribution in [0.2, 0.25) is 0 Å². The molecule has 0 unspecified atom stereocenters. The number of methoxy groups -OCH3 is 1. The van der Waals surface area contributed by atoms with E-state index in [0.717, 1.165) is 28.1 Å². The van der Waals surface area contributed by atoms with Crippen LogP contribution in [0.15, 0.2) is 41.0 Å². The number of ether oxygens (including phenoxy) is 1. The van der Waals surface area contributed by atoms with Crippen molar-refractivity contribution in [3.05, 3.63) is 52.3 Å². The van der Waals surface area contributed by atoms with E-state index in [9.17, 15) is 0 Å². The molecule has 2 aromatic rings. The number of nitrogens with one attached hydrogen (secondary N) is 1. The van der Waals surface area contributed by atoms with Gasteiger partial charge in [-0.25, -0.2) is 0 Å². The minimum absolute atomic E-state index is 0.759. The van der Waals surface area contributed by atoms with Gasteiger partial charge in [0.25, 0.3) is 0 Å². The van der Waals surface area contributed by atoms with Crippen molar-refractivity contribution in [1.82, 2.24) is 4.98 Å². The summed E-state index contributed by atoms with van der Waals surface area (Å²) in [4.78, 5) is 4.24. The van der Waals surface area contributed by atoms with Gasteiger partial charge in [0, 0.05) is 12.7 Å². The molecule has 1 N–H and O–H groups in total. The average Bonchev–Trinajstić information content (AvgIpc) is 2.38. The number of aromatic nitrogens is 1. The Balaban J connectivity index is 2.07. The summed E-state index contributed by atoms with van der Waals surface area (Å²) in [6.45, 7) is 2.75. The highest BCUT2D eigenvalue weighted by atomic mass is 79.9. The number of halogens is 1. The van der Waals surface area contributed by atoms with Crippen molar-refractivity contribution < 1.29 is 4.74 Å². The van der Waals surface area contributed by atoms with E-state index in [1.54, 1.807) is 13.3 Å². The van der Waals surface area contributed by atoms with Gasteiger partial charge in [-0.15, -0.1) is 0 Å². The standard InChI is InChI=1S/C14H15BrN2O/c1-10-13(4-3-7-16-10)17-9-11-5-6-14(18-2)12(15)8-11/h3-8,17H,9H2,1-2H3. The molecular weight excluding hydrogens is 292 g/mol. The minimum Gasteiger partial charge on any atom is -0.496 e. The van der Waals surface area contributed by atoms with E-state index in [1.807, 2.05) is 31.2 Å². The van der Waals surface area contributed by atoms with Crippen LogP contribution in [-0.4, -0.2) is 12.1 Å². The van der Waals surface area contributed by atoms with Crippen LogP contribution in [0, 0.1) is 6.92 Å². The summed E-state index contributed by atoms with van der Waals surface area (Å²) in [5.41, 5.74) is 3.25. The smallest absolute Gasteiger partial charge is 0.133 e. The van der Waals surface area contributed by atoms with Crippen LogP contribution in [0.25, 0.3) is 0 Å². The van der Waals surface area contributed by atoms with Gasteiger partial charge in [0.1, 0.15) is 5.75 Å². The van der Waals surface area contributed by atoms with E-state index in [2.05, 4.69) is 32.3 Å². The summed E-state index contributed by atoms with van der Waals surface area (Å²) >= 11 is 3.48. The van der Waals surface area contributed by atoms with Crippen LogP contribution < -0.4 is 10.1 Å². The molecular formula is C14H15BrN2O. The molecule has 0 aliphatic rings.